The Hall–Kier alpha value is -2.13. The SMILES string of the molecule is Cc1ccnc(N2CC(O)CC2C(=O)O)c1C#N. The van der Waals surface area contributed by atoms with E-state index in [1.54, 1.807) is 13.0 Å². The molecule has 0 radical (unpaired) electrons. The summed E-state index contributed by atoms with van der Waals surface area (Å²) >= 11 is 0. The first-order chi connectivity index (χ1) is 8.54. The van der Waals surface area contributed by atoms with E-state index in [2.05, 4.69) is 4.98 Å². The van der Waals surface area contributed by atoms with Gasteiger partial charge in [-0.25, -0.2) is 9.78 Å². The number of carbonyl (C=O) groups is 1. The zero-order chi connectivity index (χ0) is 13.3. The molecule has 0 saturated carbocycles. The third-order valence-electron chi connectivity index (χ3n) is 3.09. The lowest BCUT2D eigenvalue weighted by Crippen LogP contribution is -2.37. The normalized spacial score (nSPS) is 22.8. The number of nitrogens with zero attached hydrogens (tertiary/aromatic N) is 3. The fourth-order valence-corrected chi connectivity index (χ4v) is 2.18. The molecule has 1 fully saturated rings. The molecule has 2 unspecified atom stereocenters. The molecule has 0 spiro atoms. The van der Waals surface area contributed by atoms with Crippen LogP contribution in [0.25, 0.3) is 0 Å². The number of rotatable bonds is 2. The number of anilines is 1. The van der Waals surface area contributed by atoms with Crippen molar-refractivity contribution in [2.45, 2.75) is 25.5 Å². The maximum Gasteiger partial charge on any atom is 0.326 e. The molecule has 18 heavy (non-hydrogen) atoms. The highest BCUT2D eigenvalue weighted by atomic mass is 16.4. The highest BCUT2D eigenvalue weighted by Crippen LogP contribution is 2.28. The molecular formula is C12H13N3O3. The number of carboxylic acids is 1. The third-order valence-corrected chi connectivity index (χ3v) is 3.09. The van der Waals surface area contributed by atoms with Crippen molar-refractivity contribution in [1.82, 2.24) is 4.98 Å². The van der Waals surface area contributed by atoms with E-state index in [1.807, 2.05) is 6.07 Å². The summed E-state index contributed by atoms with van der Waals surface area (Å²) in [5.74, 6) is -0.680. The van der Waals surface area contributed by atoms with Crippen molar-refractivity contribution >= 4 is 11.8 Å². The minimum Gasteiger partial charge on any atom is -0.480 e. The van der Waals surface area contributed by atoms with Gasteiger partial charge in [-0.1, -0.05) is 0 Å². The number of carboxylic acid groups (broad SMARTS) is 1. The molecule has 0 bridgehead atoms. The molecule has 6 nitrogen and oxygen atoms in total. The average Bonchev–Trinajstić information content (AvgIpc) is 2.71. The van der Waals surface area contributed by atoms with E-state index in [4.69, 9.17) is 10.4 Å². The number of aromatic nitrogens is 1. The van der Waals surface area contributed by atoms with Crippen LogP contribution in [-0.4, -0.2) is 39.9 Å². The summed E-state index contributed by atoms with van der Waals surface area (Å²) in [6.45, 7) is 1.95. The zero-order valence-electron chi connectivity index (χ0n) is 9.87. The Morgan fingerprint density at radius 1 is 1.67 bits per heavy atom. The minimum absolute atomic E-state index is 0.149. The highest BCUT2D eigenvalue weighted by molar-refractivity contribution is 5.79. The van der Waals surface area contributed by atoms with Crippen molar-refractivity contribution < 1.29 is 15.0 Å². The summed E-state index contributed by atoms with van der Waals surface area (Å²) in [7, 11) is 0. The summed E-state index contributed by atoms with van der Waals surface area (Å²) < 4.78 is 0. The zero-order valence-corrected chi connectivity index (χ0v) is 9.87. The molecule has 94 valence electrons. The van der Waals surface area contributed by atoms with E-state index in [1.165, 1.54) is 11.1 Å². The first kappa shape index (κ1) is 12.3. The maximum atomic E-state index is 11.2. The van der Waals surface area contributed by atoms with Gasteiger partial charge < -0.3 is 15.1 Å². The van der Waals surface area contributed by atoms with Crippen molar-refractivity contribution in [1.29, 1.82) is 5.26 Å². The molecule has 2 rings (SSSR count). The lowest BCUT2D eigenvalue weighted by atomic mass is 10.1. The average molecular weight is 247 g/mol. The topological polar surface area (TPSA) is 97.4 Å². The summed E-state index contributed by atoms with van der Waals surface area (Å²) in [6.07, 6.45) is 0.977. The van der Waals surface area contributed by atoms with Crippen molar-refractivity contribution in [3.63, 3.8) is 0 Å². The predicted octanol–water partition coefficient (Wildman–Crippen LogP) is 0.286. The fraction of sp³-hybridized carbons (Fsp3) is 0.417. The number of hydrogen-bond acceptors (Lipinski definition) is 5. The van der Waals surface area contributed by atoms with Gasteiger partial charge in [-0.05, 0) is 18.6 Å². The van der Waals surface area contributed by atoms with Crippen LogP contribution in [0.15, 0.2) is 12.3 Å². The number of hydrogen-bond donors (Lipinski definition) is 2. The number of pyridine rings is 1. The number of aliphatic hydroxyl groups is 1. The molecule has 0 aromatic carbocycles. The van der Waals surface area contributed by atoms with E-state index in [-0.39, 0.29) is 13.0 Å². The van der Waals surface area contributed by atoms with Crippen molar-refractivity contribution in [2.24, 2.45) is 0 Å². The van der Waals surface area contributed by atoms with Crippen molar-refractivity contribution in [2.75, 3.05) is 11.4 Å². The molecule has 1 aliphatic rings. The van der Waals surface area contributed by atoms with Crippen LogP contribution in [0.1, 0.15) is 17.5 Å². The van der Waals surface area contributed by atoms with E-state index >= 15 is 0 Å². The lowest BCUT2D eigenvalue weighted by molar-refractivity contribution is -0.138. The highest BCUT2D eigenvalue weighted by Gasteiger charge is 2.37. The lowest BCUT2D eigenvalue weighted by Gasteiger charge is -2.23. The van der Waals surface area contributed by atoms with Crippen LogP contribution in [-0.2, 0) is 4.79 Å². The standard InChI is InChI=1S/C12H13N3O3/c1-7-2-3-14-11(9(7)5-13)15-6-8(16)4-10(15)12(17)18/h2-3,8,10,16H,4,6H2,1H3,(H,17,18). The van der Waals surface area contributed by atoms with Gasteiger partial charge in [0.25, 0.3) is 0 Å². The first-order valence-corrected chi connectivity index (χ1v) is 5.57. The Kier molecular flexibility index (Phi) is 3.17. The number of aliphatic carboxylic acids is 1. The fourth-order valence-electron chi connectivity index (χ4n) is 2.18. The van der Waals surface area contributed by atoms with Crippen molar-refractivity contribution in [3.05, 3.63) is 23.4 Å². The molecule has 1 aromatic rings. The number of nitriles is 1. The predicted molar refractivity (Wildman–Crippen MR) is 63.1 cm³/mol. The van der Waals surface area contributed by atoms with Crippen LogP contribution in [0, 0.1) is 18.3 Å². The first-order valence-electron chi connectivity index (χ1n) is 5.57. The summed E-state index contributed by atoms with van der Waals surface area (Å²) in [6, 6.07) is 2.90. The Morgan fingerprint density at radius 3 is 3.00 bits per heavy atom. The van der Waals surface area contributed by atoms with Crippen molar-refractivity contribution in [3.8, 4) is 6.07 Å². The van der Waals surface area contributed by atoms with Gasteiger partial charge in [0.05, 0.1) is 11.7 Å². The smallest absolute Gasteiger partial charge is 0.326 e. The Bertz CT molecular complexity index is 524. The van der Waals surface area contributed by atoms with Gasteiger partial charge in [0.15, 0.2) is 0 Å². The summed E-state index contributed by atoms with van der Waals surface area (Å²) in [5.41, 5.74) is 1.10. The number of aryl methyl sites for hydroxylation is 1. The van der Waals surface area contributed by atoms with Crippen LogP contribution in [0.4, 0.5) is 5.82 Å². The van der Waals surface area contributed by atoms with E-state index in [0.717, 1.165) is 5.56 Å². The van der Waals surface area contributed by atoms with Gasteiger partial charge >= 0.3 is 5.97 Å². The van der Waals surface area contributed by atoms with Gasteiger partial charge in [-0.15, -0.1) is 0 Å². The van der Waals surface area contributed by atoms with Crippen LogP contribution in [0.2, 0.25) is 0 Å². The molecular weight excluding hydrogens is 234 g/mol. The van der Waals surface area contributed by atoms with E-state index in [0.29, 0.717) is 11.4 Å². The minimum atomic E-state index is -1.02. The van der Waals surface area contributed by atoms with Crippen LogP contribution in [0.5, 0.6) is 0 Å². The van der Waals surface area contributed by atoms with E-state index in [9.17, 15) is 9.90 Å². The second-order valence-electron chi connectivity index (χ2n) is 4.33. The molecule has 1 aliphatic heterocycles. The van der Waals surface area contributed by atoms with E-state index < -0.39 is 18.1 Å². The second-order valence-corrected chi connectivity index (χ2v) is 4.33. The van der Waals surface area contributed by atoms with Gasteiger partial charge in [-0.2, -0.15) is 5.26 Å². The van der Waals surface area contributed by atoms with Crippen LogP contribution in [0.3, 0.4) is 0 Å². The molecule has 0 amide bonds. The molecule has 0 aliphatic carbocycles. The summed E-state index contributed by atoms with van der Waals surface area (Å²) in [5, 5.41) is 27.9. The van der Waals surface area contributed by atoms with Crippen LogP contribution >= 0.6 is 0 Å². The van der Waals surface area contributed by atoms with Gasteiger partial charge in [-0.3, -0.25) is 0 Å². The Labute approximate surface area is 104 Å². The molecule has 2 atom stereocenters. The number of aliphatic hydroxyl groups excluding tert-OH is 1. The van der Waals surface area contributed by atoms with Gasteiger partial charge in [0.1, 0.15) is 17.9 Å². The number of β-amino-alcohol motifs (C(OH)–C–C–N with tert-alkyl or cyclic N) is 1. The molecule has 6 heteroatoms. The maximum absolute atomic E-state index is 11.2. The summed E-state index contributed by atoms with van der Waals surface area (Å²) in [4.78, 5) is 16.7. The molecule has 1 saturated heterocycles. The molecule has 2 heterocycles. The Balaban J connectivity index is 2.45. The monoisotopic (exact) mass is 247 g/mol. The quantitative estimate of drug-likeness (QED) is 0.779. The van der Waals surface area contributed by atoms with Gasteiger partial charge in [0.2, 0.25) is 0 Å². The molecule has 2 N–H and O–H groups in total. The van der Waals surface area contributed by atoms with Crippen LogP contribution < -0.4 is 4.90 Å². The Morgan fingerprint density at radius 2 is 2.39 bits per heavy atom. The third kappa shape index (κ3) is 2.00. The second kappa shape index (κ2) is 4.63. The largest absolute Gasteiger partial charge is 0.480 e. The van der Waals surface area contributed by atoms with Gasteiger partial charge in [0, 0.05) is 19.2 Å². The molecule has 1 aromatic heterocycles.